The molecule has 0 radical (unpaired) electrons. The van der Waals surface area contributed by atoms with Crippen LogP contribution >= 0.6 is 0 Å². The number of carbonyl (C=O) groups excluding carboxylic acids is 1. The van der Waals surface area contributed by atoms with Gasteiger partial charge in [0.2, 0.25) is 0 Å². The van der Waals surface area contributed by atoms with E-state index in [1.165, 1.54) is 12.0 Å². The van der Waals surface area contributed by atoms with Gasteiger partial charge in [0, 0.05) is 6.42 Å². The summed E-state index contributed by atoms with van der Waals surface area (Å²) in [5.41, 5.74) is 1.26. The number of hydrogen-bond donors (Lipinski definition) is 0. The molecular weight excluding hydrogens is 152 g/mol. The van der Waals surface area contributed by atoms with E-state index in [1.54, 1.807) is 0 Å². The van der Waals surface area contributed by atoms with Gasteiger partial charge in [0.15, 0.2) is 0 Å². The molecule has 1 heterocycles. The molecule has 2 atom stereocenters. The highest BCUT2D eigenvalue weighted by Gasteiger charge is 2.34. The van der Waals surface area contributed by atoms with Crippen molar-refractivity contribution in [2.75, 3.05) is 0 Å². The molecule has 0 fully saturated rings. The molecule has 0 saturated carbocycles. The van der Waals surface area contributed by atoms with Crippen molar-refractivity contribution in [3.05, 3.63) is 11.3 Å². The summed E-state index contributed by atoms with van der Waals surface area (Å²) in [6.45, 7) is 4.15. The van der Waals surface area contributed by atoms with Crippen molar-refractivity contribution in [2.45, 2.75) is 33.1 Å². The Morgan fingerprint density at radius 3 is 2.92 bits per heavy atom. The van der Waals surface area contributed by atoms with Gasteiger partial charge in [-0.15, -0.1) is 0 Å². The Balaban J connectivity index is 2.23. The molecule has 2 aliphatic rings. The Hall–Kier alpha value is -0.790. The van der Waals surface area contributed by atoms with E-state index in [0.717, 1.165) is 18.6 Å². The van der Waals surface area contributed by atoms with Crippen LogP contribution in [0.3, 0.4) is 0 Å². The Morgan fingerprint density at radius 1 is 1.42 bits per heavy atom. The Labute approximate surface area is 72.6 Å². The van der Waals surface area contributed by atoms with Crippen LogP contribution in [0.2, 0.25) is 0 Å². The second-order valence-corrected chi connectivity index (χ2v) is 3.94. The predicted octanol–water partition coefficient (Wildman–Crippen LogP) is 2.25. The van der Waals surface area contributed by atoms with E-state index in [0.29, 0.717) is 5.92 Å². The van der Waals surface area contributed by atoms with Crippen molar-refractivity contribution in [1.82, 2.24) is 0 Å². The predicted molar refractivity (Wildman–Crippen MR) is 45.3 cm³/mol. The molecule has 2 nitrogen and oxygen atoms in total. The summed E-state index contributed by atoms with van der Waals surface area (Å²) in [4.78, 5) is 11.2. The number of allylic oxidation sites excluding steroid dienone is 1. The number of rotatable bonds is 0. The standard InChI is InChI=1S/C10H14O2/c1-6-3-4-8-7(2)10(11)12-9(8)5-6/h6-7H,3-5H2,1-2H3/t6-,7+/m1/s1. The van der Waals surface area contributed by atoms with Crippen molar-refractivity contribution in [1.29, 1.82) is 0 Å². The summed E-state index contributed by atoms with van der Waals surface area (Å²) in [6, 6.07) is 0. The van der Waals surface area contributed by atoms with E-state index in [-0.39, 0.29) is 11.9 Å². The summed E-state index contributed by atoms with van der Waals surface area (Å²) in [5.74, 6) is 1.65. The fraction of sp³-hybridized carbons (Fsp3) is 0.700. The van der Waals surface area contributed by atoms with Gasteiger partial charge in [0.1, 0.15) is 5.76 Å². The fourth-order valence-corrected chi connectivity index (χ4v) is 2.01. The van der Waals surface area contributed by atoms with Gasteiger partial charge < -0.3 is 4.74 Å². The molecule has 0 saturated heterocycles. The fourth-order valence-electron chi connectivity index (χ4n) is 2.01. The molecule has 0 bridgehead atoms. The monoisotopic (exact) mass is 166 g/mol. The lowest BCUT2D eigenvalue weighted by molar-refractivity contribution is -0.139. The molecule has 1 aliphatic carbocycles. The van der Waals surface area contributed by atoms with Crippen LogP contribution < -0.4 is 0 Å². The number of carbonyl (C=O) groups is 1. The molecule has 12 heavy (non-hydrogen) atoms. The molecule has 0 aromatic rings. The van der Waals surface area contributed by atoms with Gasteiger partial charge in [-0.2, -0.15) is 0 Å². The molecule has 66 valence electrons. The lowest BCUT2D eigenvalue weighted by Crippen LogP contribution is -2.08. The van der Waals surface area contributed by atoms with Crippen molar-refractivity contribution in [2.24, 2.45) is 11.8 Å². The third-order valence-electron chi connectivity index (χ3n) is 2.90. The first-order valence-electron chi connectivity index (χ1n) is 4.62. The topological polar surface area (TPSA) is 26.3 Å². The first-order chi connectivity index (χ1) is 5.68. The Kier molecular flexibility index (Phi) is 1.71. The molecule has 2 rings (SSSR count). The molecule has 0 aromatic carbocycles. The number of ether oxygens (including phenoxy) is 1. The molecule has 0 N–H and O–H groups in total. The highest BCUT2D eigenvalue weighted by Crippen LogP contribution is 2.38. The zero-order chi connectivity index (χ0) is 8.72. The Bertz CT molecular complexity index is 253. The van der Waals surface area contributed by atoms with Crippen LogP contribution in [0.1, 0.15) is 33.1 Å². The van der Waals surface area contributed by atoms with E-state index in [9.17, 15) is 4.79 Å². The smallest absolute Gasteiger partial charge is 0.317 e. The van der Waals surface area contributed by atoms with Gasteiger partial charge in [0.25, 0.3) is 0 Å². The van der Waals surface area contributed by atoms with Crippen LogP contribution in [0.4, 0.5) is 0 Å². The maximum Gasteiger partial charge on any atom is 0.317 e. The van der Waals surface area contributed by atoms with Crippen LogP contribution in [0.15, 0.2) is 11.3 Å². The lowest BCUT2D eigenvalue weighted by Gasteiger charge is -2.18. The van der Waals surface area contributed by atoms with Crippen molar-refractivity contribution in [3.63, 3.8) is 0 Å². The van der Waals surface area contributed by atoms with E-state index in [1.807, 2.05) is 6.92 Å². The van der Waals surface area contributed by atoms with Gasteiger partial charge in [0.05, 0.1) is 5.92 Å². The molecule has 0 aromatic heterocycles. The van der Waals surface area contributed by atoms with Crippen LogP contribution in [0.5, 0.6) is 0 Å². The van der Waals surface area contributed by atoms with Crippen LogP contribution in [0.25, 0.3) is 0 Å². The van der Waals surface area contributed by atoms with Crippen molar-refractivity contribution < 1.29 is 9.53 Å². The van der Waals surface area contributed by atoms with Crippen molar-refractivity contribution in [3.8, 4) is 0 Å². The number of hydrogen-bond acceptors (Lipinski definition) is 2. The molecule has 0 amide bonds. The second-order valence-electron chi connectivity index (χ2n) is 3.94. The summed E-state index contributed by atoms with van der Waals surface area (Å²) in [6.07, 6.45) is 3.23. The van der Waals surface area contributed by atoms with E-state index < -0.39 is 0 Å². The van der Waals surface area contributed by atoms with E-state index in [4.69, 9.17) is 4.74 Å². The normalized spacial score (nSPS) is 35.0. The summed E-state index contributed by atoms with van der Waals surface area (Å²) >= 11 is 0. The summed E-state index contributed by atoms with van der Waals surface area (Å²) in [5, 5.41) is 0. The average Bonchev–Trinajstić information content (AvgIpc) is 2.28. The first-order valence-corrected chi connectivity index (χ1v) is 4.62. The van der Waals surface area contributed by atoms with Gasteiger partial charge in [-0.05, 0) is 31.3 Å². The maximum absolute atomic E-state index is 11.2. The SMILES string of the molecule is C[C@@H]1CCC2=C(C1)OC(=O)[C@H]2C. The average molecular weight is 166 g/mol. The summed E-state index contributed by atoms with van der Waals surface area (Å²) < 4.78 is 5.19. The third kappa shape index (κ3) is 1.06. The molecule has 0 spiro atoms. The molecule has 0 unspecified atom stereocenters. The summed E-state index contributed by atoms with van der Waals surface area (Å²) in [7, 11) is 0. The maximum atomic E-state index is 11.2. The van der Waals surface area contributed by atoms with Gasteiger partial charge in [-0.25, -0.2) is 0 Å². The number of esters is 1. The lowest BCUT2D eigenvalue weighted by atomic mass is 9.86. The minimum absolute atomic E-state index is 0.0347. The third-order valence-corrected chi connectivity index (χ3v) is 2.90. The highest BCUT2D eigenvalue weighted by molar-refractivity contribution is 5.79. The second kappa shape index (κ2) is 2.61. The molecular formula is C10H14O2. The molecule has 2 heteroatoms. The quantitative estimate of drug-likeness (QED) is 0.516. The van der Waals surface area contributed by atoms with Crippen LogP contribution in [0, 0.1) is 11.8 Å². The highest BCUT2D eigenvalue weighted by atomic mass is 16.5. The first kappa shape index (κ1) is 7.84. The van der Waals surface area contributed by atoms with E-state index in [2.05, 4.69) is 6.92 Å². The van der Waals surface area contributed by atoms with E-state index >= 15 is 0 Å². The zero-order valence-electron chi connectivity index (χ0n) is 7.59. The van der Waals surface area contributed by atoms with Crippen molar-refractivity contribution >= 4 is 5.97 Å². The minimum Gasteiger partial charge on any atom is -0.431 e. The largest absolute Gasteiger partial charge is 0.431 e. The van der Waals surface area contributed by atoms with Gasteiger partial charge >= 0.3 is 5.97 Å². The minimum atomic E-state index is -0.0471. The van der Waals surface area contributed by atoms with Crippen LogP contribution in [-0.2, 0) is 9.53 Å². The van der Waals surface area contributed by atoms with Gasteiger partial charge in [-0.1, -0.05) is 6.92 Å². The Morgan fingerprint density at radius 2 is 2.17 bits per heavy atom. The van der Waals surface area contributed by atoms with Gasteiger partial charge in [-0.3, -0.25) is 4.79 Å². The zero-order valence-corrected chi connectivity index (χ0v) is 7.59. The van der Waals surface area contributed by atoms with Crippen LogP contribution in [-0.4, -0.2) is 5.97 Å². The molecule has 1 aliphatic heterocycles.